The van der Waals surface area contributed by atoms with Crippen molar-refractivity contribution in [2.75, 3.05) is 0 Å². The molecule has 10 nitrogen and oxygen atoms in total. The first kappa shape index (κ1) is 51.5. The van der Waals surface area contributed by atoms with Gasteiger partial charge in [-0.25, -0.2) is 0 Å². The predicted molar refractivity (Wildman–Crippen MR) is 381 cm³/mol. The van der Waals surface area contributed by atoms with Crippen molar-refractivity contribution in [2.24, 2.45) is 0 Å². The summed E-state index contributed by atoms with van der Waals surface area (Å²) in [5.74, 6) is 1.46. The van der Waals surface area contributed by atoms with E-state index in [1.54, 1.807) is 0 Å². The summed E-state index contributed by atoms with van der Waals surface area (Å²) in [6.07, 6.45) is 4.07. The molecule has 1 aliphatic carbocycles. The van der Waals surface area contributed by atoms with E-state index in [2.05, 4.69) is 272 Å². The number of benzene rings is 12. The van der Waals surface area contributed by atoms with Crippen LogP contribution in [-0.4, -0.2) is 32.8 Å². The highest BCUT2D eigenvalue weighted by Gasteiger charge is 2.54. The summed E-state index contributed by atoms with van der Waals surface area (Å²) in [5.41, 5.74) is 20.8. The summed E-state index contributed by atoms with van der Waals surface area (Å²) in [6, 6.07) is 102. The Kier molecular flexibility index (Phi) is 10.2. The highest BCUT2D eigenvalue weighted by molar-refractivity contribution is 6.15. The van der Waals surface area contributed by atoms with Crippen LogP contribution in [0.1, 0.15) is 33.4 Å². The number of aromatic nitrogens is 7. The fourth-order valence-corrected chi connectivity index (χ4v) is 16.6. The molecule has 438 valence electrons. The Hall–Kier alpha value is -13.3. The molecule has 21 rings (SSSR count). The number of pyridine rings is 2. The van der Waals surface area contributed by atoms with E-state index in [0.717, 1.165) is 172 Å². The Balaban J connectivity index is 0.872. The maximum Gasteiger partial charge on any atom is 0.132 e. The van der Waals surface area contributed by atoms with Crippen molar-refractivity contribution in [1.82, 2.24) is 32.8 Å². The summed E-state index contributed by atoms with van der Waals surface area (Å²) in [7, 11) is 0. The van der Waals surface area contributed by atoms with Gasteiger partial charge in [-0.1, -0.05) is 127 Å². The van der Waals surface area contributed by atoms with Gasteiger partial charge in [0.05, 0.1) is 119 Å². The van der Waals surface area contributed by atoms with E-state index < -0.39 is 5.41 Å². The molecule has 8 heterocycles. The standard InChI is InChI=1S/C85H47N9O/c86-46-50-29-34-78-64(39-50)65-40-51(47-87)30-35-79(65)90(78)52-31-36-80-66(41-52)63-21-7-14-28-77(63)92(80)54-33-38-82-68(43-54)85(67-42-53(32-37-81(67)95-82)91-71-22-8-1-15-57(71)58-16-2-9-23-72(58)91)69-44-55(93-73-24-10-3-17-59(73)60-18-4-11-25-74(60)93)48-88-83(69)84-70(85)45-56(49-89-84)94-75-26-12-5-19-61(75)62-20-6-13-27-76(62)94/h1-45,48-49H. The molecular weight excluding hydrogens is 1160 g/mol. The van der Waals surface area contributed by atoms with E-state index in [4.69, 9.17) is 14.7 Å². The first-order valence-corrected chi connectivity index (χ1v) is 31.9. The molecule has 2 aliphatic rings. The van der Waals surface area contributed by atoms with Gasteiger partial charge in [0, 0.05) is 93.2 Å². The lowest BCUT2D eigenvalue weighted by atomic mass is 9.66. The molecule has 0 fully saturated rings. The van der Waals surface area contributed by atoms with Crippen molar-refractivity contribution in [3.8, 4) is 63.5 Å². The smallest absolute Gasteiger partial charge is 0.132 e. The minimum atomic E-state index is -1.12. The lowest BCUT2D eigenvalue weighted by Crippen LogP contribution is -2.33. The maximum absolute atomic E-state index is 10.1. The SMILES string of the molecule is N#Cc1ccc2c(c1)c1cc(C#N)ccc1n2-c1ccc2c(c1)c1ccccc1n2-c1ccc2c(c1)C1(c3cc(-n4c5ccccc5c5ccccc54)ccc3O2)c2cc(-n3c4ccccc4c4ccccc43)cnc2-c2ncc(-n3c4ccccc4c4ccccc43)cc21. The maximum atomic E-state index is 10.1. The van der Waals surface area contributed by atoms with Gasteiger partial charge in [-0.3, -0.25) is 9.97 Å². The third-order valence-corrected chi connectivity index (χ3v) is 20.4. The lowest BCUT2D eigenvalue weighted by Gasteiger charge is -2.39. The van der Waals surface area contributed by atoms with Crippen LogP contribution >= 0.6 is 0 Å². The van der Waals surface area contributed by atoms with Gasteiger partial charge in [-0.15, -0.1) is 0 Å². The average Bonchev–Trinajstić information content (AvgIpc) is 1.46. The predicted octanol–water partition coefficient (Wildman–Crippen LogP) is 20.2. The van der Waals surface area contributed by atoms with Gasteiger partial charge in [-0.05, 0) is 146 Å². The van der Waals surface area contributed by atoms with Crippen LogP contribution in [0.4, 0.5) is 0 Å². The number of hydrogen-bond acceptors (Lipinski definition) is 5. The average molecular weight is 1210 g/mol. The molecule has 1 aliphatic heterocycles. The Morgan fingerprint density at radius 3 is 0.895 bits per heavy atom. The summed E-state index contributed by atoms with van der Waals surface area (Å²) in [4.78, 5) is 11.4. The Morgan fingerprint density at radius 1 is 0.263 bits per heavy atom. The molecule has 0 radical (unpaired) electrons. The molecule has 0 unspecified atom stereocenters. The minimum absolute atomic E-state index is 0.561. The topological polar surface area (TPSA) is 107 Å². The molecule has 7 aromatic heterocycles. The highest BCUT2D eigenvalue weighted by atomic mass is 16.5. The molecule has 0 atom stereocenters. The number of rotatable bonds is 5. The number of para-hydroxylation sites is 7. The number of hydrogen-bond donors (Lipinski definition) is 0. The lowest BCUT2D eigenvalue weighted by molar-refractivity contribution is 0.436. The normalized spacial score (nSPS) is 13.0. The first-order valence-electron chi connectivity index (χ1n) is 31.9. The fraction of sp³-hybridized carbons (Fsp3) is 0.0118. The van der Waals surface area contributed by atoms with Crippen LogP contribution in [-0.2, 0) is 5.41 Å². The van der Waals surface area contributed by atoms with Crippen molar-refractivity contribution < 1.29 is 4.74 Å². The van der Waals surface area contributed by atoms with Gasteiger partial charge in [-0.2, -0.15) is 10.5 Å². The van der Waals surface area contributed by atoms with Crippen molar-refractivity contribution in [3.63, 3.8) is 0 Å². The van der Waals surface area contributed by atoms with Gasteiger partial charge in [0.2, 0.25) is 0 Å². The second-order valence-electron chi connectivity index (χ2n) is 25.1. The van der Waals surface area contributed by atoms with Crippen molar-refractivity contribution >= 4 is 109 Å². The number of fused-ring (bicyclic) bond motifs is 24. The van der Waals surface area contributed by atoms with Crippen LogP contribution in [0, 0.1) is 22.7 Å². The zero-order chi connectivity index (χ0) is 62.4. The molecule has 19 aromatic rings. The molecule has 12 aromatic carbocycles. The van der Waals surface area contributed by atoms with Crippen LogP contribution in [0.3, 0.4) is 0 Å². The Bertz CT molecular complexity index is 6360. The third kappa shape index (κ3) is 6.83. The van der Waals surface area contributed by atoms with E-state index in [1.807, 2.05) is 48.8 Å². The first-order chi connectivity index (χ1) is 47.0. The van der Waals surface area contributed by atoms with Gasteiger partial charge >= 0.3 is 0 Å². The number of nitriles is 2. The van der Waals surface area contributed by atoms with Gasteiger partial charge in [0.25, 0.3) is 0 Å². The zero-order valence-corrected chi connectivity index (χ0v) is 50.6. The van der Waals surface area contributed by atoms with Crippen molar-refractivity contribution in [2.45, 2.75) is 5.41 Å². The fourth-order valence-electron chi connectivity index (χ4n) is 16.6. The summed E-state index contributed by atoms with van der Waals surface area (Å²) < 4.78 is 19.3. The molecule has 0 bridgehead atoms. The van der Waals surface area contributed by atoms with E-state index in [1.165, 1.54) is 10.8 Å². The highest BCUT2D eigenvalue weighted by Crippen LogP contribution is 2.63. The minimum Gasteiger partial charge on any atom is -0.457 e. The molecule has 0 N–H and O–H groups in total. The van der Waals surface area contributed by atoms with Crippen molar-refractivity contribution in [1.29, 1.82) is 10.5 Å². The van der Waals surface area contributed by atoms with Crippen LogP contribution in [0.5, 0.6) is 11.5 Å². The second-order valence-corrected chi connectivity index (χ2v) is 25.1. The second kappa shape index (κ2) is 18.9. The van der Waals surface area contributed by atoms with Gasteiger partial charge in [0.15, 0.2) is 0 Å². The van der Waals surface area contributed by atoms with Crippen molar-refractivity contribution in [3.05, 3.63) is 319 Å². The molecule has 0 saturated heterocycles. The van der Waals surface area contributed by atoms with Crippen LogP contribution in [0.25, 0.3) is 149 Å². The largest absolute Gasteiger partial charge is 0.457 e. The molecule has 95 heavy (non-hydrogen) atoms. The summed E-state index contributed by atoms with van der Waals surface area (Å²) in [5, 5.41) is 31.1. The summed E-state index contributed by atoms with van der Waals surface area (Å²) in [6.45, 7) is 0. The number of ether oxygens (including phenoxy) is 1. The monoisotopic (exact) mass is 1210 g/mol. The molecule has 10 heteroatoms. The quantitative estimate of drug-likeness (QED) is 0.171. The zero-order valence-electron chi connectivity index (χ0n) is 50.6. The van der Waals surface area contributed by atoms with E-state index in [0.29, 0.717) is 11.1 Å². The van der Waals surface area contributed by atoms with E-state index >= 15 is 0 Å². The molecule has 0 saturated carbocycles. The summed E-state index contributed by atoms with van der Waals surface area (Å²) >= 11 is 0. The van der Waals surface area contributed by atoms with Gasteiger partial charge < -0.3 is 27.6 Å². The third-order valence-electron chi connectivity index (χ3n) is 20.4. The van der Waals surface area contributed by atoms with E-state index in [9.17, 15) is 10.5 Å². The molecule has 1 spiro atoms. The van der Waals surface area contributed by atoms with Gasteiger partial charge in [0.1, 0.15) is 11.5 Å². The van der Waals surface area contributed by atoms with Crippen LogP contribution in [0.15, 0.2) is 285 Å². The van der Waals surface area contributed by atoms with Crippen LogP contribution < -0.4 is 4.74 Å². The Labute approximate surface area is 541 Å². The Morgan fingerprint density at radius 2 is 0.537 bits per heavy atom. The van der Waals surface area contributed by atoms with E-state index in [-0.39, 0.29) is 0 Å². The van der Waals surface area contributed by atoms with Crippen LogP contribution in [0.2, 0.25) is 0 Å². The molecular formula is C85H47N9O. The number of nitrogens with zero attached hydrogens (tertiary/aromatic N) is 9. The molecule has 0 amide bonds.